The third-order valence-electron chi connectivity index (χ3n) is 8.52. The van der Waals surface area contributed by atoms with Gasteiger partial charge in [-0.1, -0.05) is 61.2 Å². The van der Waals surface area contributed by atoms with Gasteiger partial charge < -0.3 is 15.4 Å². The Morgan fingerprint density at radius 3 is 2.77 bits per heavy atom. The van der Waals surface area contributed by atoms with E-state index in [4.69, 9.17) is 27.2 Å². The summed E-state index contributed by atoms with van der Waals surface area (Å²) in [4.78, 5) is 14.5. The van der Waals surface area contributed by atoms with Crippen LogP contribution in [-0.4, -0.2) is 31.4 Å². The van der Waals surface area contributed by atoms with E-state index in [-0.39, 0.29) is 0 Å². The number of ether oxygens (including phenoxy) is 1. The highest BCUT2D eigenvalue weighted by atomic mass is 35.5. The predicted octanol–water partition coefficient (Wildman–Crippen LogP) is 7.27. The summed E-state index contributed by atoms with van der Waals surface area (Å²) in [5.74, 6) is 3.92. The number of rotatable bonds is 14. The van der Waals surface area contributed by atoms with Crippen LogP contribution in [0.4, 0.5) is 5.69 Å². The van der Waals surface area contributed by atoms with E-state index in [0.717, 1.165) is 67.4 Å². The van der Waals surface area contributed by atoms with Crippen molar-refractivity contribution in [2.75, 3.05) is 30.3 Å². The van der Waals surface area contributed by atoms with E-state index in [0.29, 0.717) is 35.8 Å². The fourth-order valence-corrected chi connectivity index (χ4v) is 6.72. The highest BCUT2D eigenvalue weighted by Crippen LogP contribution is 2.41. The number of amides is 1. The topological polar surface area (TPSA) is 81.6 Å². The number of hydrogen-bond donors (Lipinski definition) is 2. The molecule has 5 nitrogen and oxygen atoms in total. The van der Waals surface area contributed by atoms with Gasteiger partial charge in [-0.2, -0.15) is 0 Å². The number of benzene rings is 2. The van der Waals surface area contributed by atoms with Crippen LogP contribution in [0.15, 0.2) is 54.6 Å². The first-order valence-corrected chi connectivity index (χ1v) is 15.9. The number of hydrogen-bond acceptors (Lipinski definition) is 5. The van der Waals surface area contributed by atoms with Gasteiger partial charge in [0.15, 0.2) is 0 Å². The van der Waals surface area contributed by atoms with Crippen molar-refractivity contribution in [3.05, 3.63) is 70.8 Å². The number of aryl methyl sites for hydroxylation is 1. The molecule has 2 aromatic rings. The van der Waals surface area contributed by atoms with Gasteiger partial charge in [-0.05, 0) is 98.6 Å². The zero-order valence-corrected chi connectivity index (χ0v) is 24.8. The van der Waals surface area contributed by atoms with Gasteiger partial charge in [-0.3, -0.25) is 9.93 Å². The Labute approximate surface area is 243 Å². The van der Waals surface area contributed by atoms with Crippen LogP contribution in [0.1, 0.15) is 67.8 Å². The second-order valence-electron chi connectivity index (χ2n) is 11.3. The summed E-state index contributed by atoms with van der Waals surface area (Å²) in [5.41, 5.74) is 8.47. The lowest BCUT2D eigenvalue weighted by atomic mass is 9.71. The van der Waals surface area contributed by atoms with E-state index in [2.05, 4.69) is 36.1 Å². The van der Waals surface area contributed by atoms with Gasteiger partial charge in [-0.15, -0.1) is 0 Å². The number of fused-ring (bicyclic) bond motifs is 1. The molecule has 7 heteroatoms. The molecular weight excluding hydrogens is 526 g/mol. The molecule has 1 unspecified atom stereocenters. The molecule has 0 saturated heterocycles. The summed E-state index contributed by atoms with van der Waals surface area (Å²) in [6.45, 7) is 4.85. The summed E-state index contributed by atoms with van der Waals surface area (Å²) in [6.07, 6.45) is 13.9. The standard InChI is InChI=1S/C32H44ClN3O2S/c1-2-23(22-39-35)7-3-4-11-26-13-14-28(26)20-36-19-25(10-5-8-24-9-6-12-29(33)17-24)21-38-31-16-15-27(32(34)37)18-30(31)36/h3-4,6,9,12,15-18,23,25-26,28H,2,5,7-8,10-11,13-14,19-22,35H2,1H3,(H2,34,37)/b4-3+/t23-,25?,26+,28-/m0/s1. The summed E-state index contributed by atoms with van der Waals surface area (Å²) in [6, 6.07) is 13.8. The van der Waals surface area contributed by atoms with E-state index < -0.39 is 5.91 Å². The van der Waals surface area contributed by atoms with Crippen LogP contribution in [0.5, 0.6) is 5.75 Å². The van der Waals surface area contributed by atoms with Crippen molar-refractivity contribution in [1.82, 2.24) is 0 Å². The molecule has 39 heavy (non-hydrogen) atoms. The second kappa shape index (κ2) is 15.0. The zero-order chi connectivity index (χ0) is 27.6. The first-order chi connectivity index (χ1) is 19.0. The number of halogens is 1. The Morgan fingerprint density at radius 2 is 2.05 bits per heavy atom. The Kier molecular flexibility index (Phi) is 11.5. The second-order valence-corrected chi connectivity index (χ2v) is 12.4. The van der Waals surface area contributed by atoms with Gasteiger partial charge >= 0.3 is 0 Å². The molecule has 0 radical (unpaired) electrons. The SMILES string of the molecule is CC[C@@H](C/C=C/C[C@@H]1CC[C@H]1CN1CC(CCCc2cccc(Cl)c2)COc2ccc(C(N)=O)cc21)CSN. The fraction of sp³-hybridized carbons (Fsp3) is 0.531. The number of allylic oxidation sites excluding steroid dienone is 2. The quantitative estimate of drug-likeness (QED) is 0.185. The molecule has 2 aliphatic rings. The van der Waals surface area contributed by atoms with Crippen LogP contribution in [0, 0.1) is 23.7 Å². The van der Waals surface area contributed by atoms with Gasteiger partial charge in [-0.25, -0.2) is 0 Å². The number of carbonyl (C=O) groups is 1. The van der Waals surface area contributed by atoms with Crippen LogP contribution >= 0.6 is 23.5 Å². The van der Waals surface area contributed by atoms with Crippen molar-refractivity contribution in [3.63, 3.8) is 0 Å². The Hall–Kier alpha value is -2.15. The molecule has 1 amide bonds. The van der Waals surface area contributed by atoms with Crippen molar-refractivity contribution >= 4 is 35.1 Å². The van der Waals surface area contributed by atoms with Gasteiger partial charge in [0, 0.05) is 35.3 Å². The fourth-order valence-electron chi connectivity index (χ4n) is 5.87. The molecule has 4 N–H and O–H groups in total. The largest absolute Gasteiger partial charge is 0.491 e. The van der Waals surface area contributed by atoms with Gasteiger partial charge in [0.2, 0.25) is 5.91 Å². The summed E-state index contributed by atoms with van der Waals surface area (Å²) < 4.78 is 6.30. The molecule has 1 aliphatic heterocycles. The molecule has 4 rings (SSSR count). The maximum atomic E-state index is 12.0. The van der Waals surface area contributed by atoms with E-state index in [1.807, 2.05) is 24.3 Å². The highest BCUT2D eigenvalue weighted by Gasteiger charge is 2.33. The first-order valence-electron chi connectivity index (χ1n) is 14.5. The summed E-state index contributed by atoms with van der Waals surface area (Å²) >= 11 is 7.64. The van der Waals surface area contributed by atoms with E-state index in [1.54, 1.807) is 6.07 Å². The summed E-state index contributed by atoms with van der Waals surface area (Å²) in [7, 11) is 0. The lowest BCUT2D eigenvalue weighted by Gasteiger charge is -2.41. The van der Waals surface area contributed by atoms with Gasteiger partial charge in [0.25, 0.3) is 0 Å². The van der Waals surface area contributed by atoms with Crippen molar-refractivity contribution in [3.8, 4) is 5.75 Å². The number of anilines is 1. The number of carbonyl (C=O) groups excluding carboxylic acids is 1. The maximum absolute atomic E-state index is 12.0. The molecule has 1 aliphatic carbocycles. The van der Waals surface area contributed by atoms with Crippen LogP contribution in [0.25, 0.3) is 0 Å². The van der Waals surface area contributed by atoms with Crippen molar-refractivity contribution in [1.29, 1.82) is 0 Å². The summed E-state index contributed by atoms with van der Waals surface area (Å²) in [5, 5.41) is 6.48. The third kappa shape index (κ3) is 8.67. The molecule has 0 spiro atoms. The molecule has 1 heterocycles. The third-order valence-corrected chi connectivity index (χ3v) is 9.42. The van der Waals surface area contributed by atoms with Gasteiger partial charge in [0.05, 0.1) is 12.3 Å². The minimum Gasteiger partial charge on any atom is -0.491 e. The Morgan fingerprint density at radius 1 is 1.21 bits per heavy atom. The molecule has 1 fully saturated rings. The average molecular weight is 570 g/mol. The normalized spacial score (nSPS) is 21.6. The van der Waals surface area contributed by atoms with Crippen molar-refractivity contribution in [2.45, 2.75) is 58.3 Å². The molecule has 4 atom stereocenters. The lowest BCUT2D eigenvalue weighted by molar-refractivity contribution is 0.1000. The van der Waals surface area contributed by atoms with Crippen molar-refractivity contribution in [2.24, 2.45) is 34.5 Å². The predicted molar refractivity (Wildman–Crippen MR) is 166 cm³/mol. The molecule has 212 valence electrons. The van der Waals surface area contributed by atoms with E-state index in [1.165, 1.54) is 36.8 Å². The minimum absolute atomic E-state index is 0.398. The smallest absolute Gasteiger partial charge is 0.248 e. The maximum Gasteiger partial charge on any atom is 0.248 e. The van der Waals surface area contributed by atoms with Crippen LogP contribution in [0.3, 0.4) is 0 Å². The molecular formula is C32H44ClN3O2S. The van der Waals surface area contributed by atoms with Crippen LogP contribution in [0.2, 0.25) is 5.02 Å². The highest BCUT2D eigenvalue weighted by molar-refractivity contribution is 7.97. The lowest BCUT2D eigenvalue weighted by Crippen LogP contribution is -2.40. The van der Waals surface area contributed by atoms with Crippen LogP contribution in [-0.2, 0) is 6.42 Å². The number of nitrogens with zero attached hydrogens (tertiary/aromatic N) is 1. The minimum atomic E-state index is -0.398. The number of nitrogens with two attached hydrogens (primary N) is 2. The molecule has 0 bridgehead atoms. The molecule has 2 aromatic carbocycles. The van der Waals surface area contributed by atoms with E-state index >= 15 is 0 Å². The van der Waals surface area contributed by atoms with Crippen molar-refractivity contribution < 1.29 is 9.53 Å². The zero-order valence-electron chi connectivity index (χ0n) is 23.2. The Bertz CT molecular complexity index is 1110. The van der Waals surface area contributed by atoms with Gasteiger partial charge in [0.1, 0.15) is 5.75 Å². The molecule has 1 saturated carbocycles. The molecule has 0 aromatic heterocycles. The van der Waals surface area contributed by atoms with Crippen LogP contribution < -0.4 is 20.5 Å². The first kappa shape index (κ1) is 29.8. The monoisotopic (exact) mass is 569 g/mol. The van der Waals surface area contributed by atoms with E-state index in [9.17, 15) is 4.79 Å². The Balaban J connectivity index is 1.39. The average Bonchev–Trinajstić information content (AvgIpc) is 3.09. The number of primary amides is 1.